The molecule has 1 aromatic heterocycles. The fourth-order valence-corrected chi connectivity index (χ4v) is 8.60. The number of carbonyl (C=O) groups is 4. The van der Waals surface area contributed by atoms with Crippen molar-refractivity contribution in [1.82, 2.24) is 25.2 Å². The van der Waals surface area contributed by atoms with Gasteiger partial charge >= 0.3 is 6.09 Å². The van der Waals surface area contributed by atoms with E-state index < -0.39 is 80.0 Å². The van der Waals surface area contributed by atoms with E-state index in [4.69, 9.17) is 9.47 Å². The monoisotopic (exact) mass is 729 g/mol. The van der Waals surface area contributed by atoms with Crippen molar-refractivity contribution < 1.29 is 46.6 Å². The number of fused-ring (bicyclic) bond motifs is 3. The summed E-state index contributed by atoms with van der Waals surface area (Å²) in [4.78, 5) is 59.8. The lowest BCUT2D eigenvalue weighted by molar-refractivity contribution is -0.142. The fraction of sp³-hybridized carbons (Fsp3) is 0.571. The SMILES string of the molecule is COc1cc2ccnc(O[C@@H]3C[C@H]4C(=O)N[C@]5(C(=O)NS(=O)(=O)C6(C)CC6)C[C@H]5/C=C\CC[C@@H](C)C[C@@H](C)[C@H](NC(=O)O)C(=O)N4C3)c2cc1F. The van der Waals surface area contributed by atoms with E-state index >= 15 is 0 Å². The number of benzene rings is 1. The van der Waals surface area contributed by atoms with Gasteiger partial charge in [-0.15, -0.1) is 0 Å². The summed E-state index contributed by atoms with van der Waals surface area (Å²) in [6.07, 6.45) is 5.69. The van der Waals surface area contributed by atoms with Crippen LogP contribution < -0.4 is 24.8 Å². The molecule has 0 spiro atoms. The molecule has 16 heteroatoms. The summed E-state index contributed by atoms with van der Waals surface area (Å²) in [7, 11) is -2.68. The second-order valence-corrected chi connectivity index (χ2v) is 16.9. The van der Waals surface area contributed by atoms with Crippen LogP contribution in [0.15, 0.2) is 36.5 Å². The molecule has 0 radical (unpaired) electrons. The van der Waals surface area contributed by atoms with Crippen molar-refractivity contribution in [2.75, 3.05) is 13.7 Å². The van der Waals surface area contributed by atoms with E-state index in [-0.39, 0.29) is 36.9 Å². The molecule has 2 saturated carbocycles. The zero-order valence-electron chi connectivity index (χ0n) is 29.0. The molecule has 4 aliphatic rings. The number of ether oxygens (including phenoxy) is 2. The molecule has 0 bridgehead atoms. The number of carboxylic acid groups (broad SMARTS) is 1. The number of carbonyl (C=O) groups excluding carboxylic acids is 3. The van der Waals surface area contributed by atoms with Crippen LogP contribution in [0.3, 0.4) is 0 Å². The Balaban J connectivity index is 1.34. The maximum atomic E-state index is 14.8. The standard InChI is InChI=1S/C35H44FN5O9S/c1-19-7-5-6-8-22-17-35(22,32(44)40-51(47,48)34(3)10-11-34)39-29(42)26-15-23(18-41(26)31(43)28(20(2)13-19)38-33(45)46)50-30-24-16-25(36)27(49-4)14-21(24)9-12-37-30/h6,8-9,12,14,16,19-20,22-23,26,28,38H,5,7,10-11,13,15,17-18H2,1-4H3,(H,39,42)(H,40,44)(H,45,46)/b8-6-/t19-,20-,22-,23-,26+,28+,35-/m1/s1. The third-order valence-corrected chi connectivity index (χ3v) is 13.0. The van der Waals surface area contributed by atoms with Crippen molar-refractivity contribution >= 4 is 44.6 Å². The minimum absolute atomic E-state index is 0.0272. The van der Waals surface area contributed by atoms with E-state index in [0.29, 0.717) is 42.9 Å². The van der Waals surface area contributed by atoms with Crippen LogP contribution in [-0.4, -0.2) is 89.4 Å². The van der Waals surface area contributed by atoms with Crippen molar-refractivity contribution in [2.45, 2.75) is 94.2 Å². The Bertz CT molecular complexity index is 1890. The van der Waals surface area contributed by atoms with Crippen LogP contribution in [0, 0.1) is 23.6 Å². The maximum absolute atomic E-state index is 14.8. The molecule has 1 saturated heterocycles. The average molecular weight is 730 g/mol. The second kappa shape index (κ2) is 13.6. The number of amides is 4. The average Bonchev–Trinajstić information content (AvgIpc) is 3.95. The Morgan fingerprint density at radius 2 is 1.92 bits per heavy atom. The van der Waals surface area contributed by atoms with Gasteiger partial charge in [-0.05, 0) is 80.9 Å². The number of nitrogens with one attached hydrogen (secondary N) is 3. The van der Waals surface area contributed by atoms with E-state index in [0.717, 1.165) is 0 Å². The van der Waals surface area contributed by atoms with Gasteiger partial charge in [0, 0.05) is 23.9 Å². The van der Waals surface area contributed by atoms with Crippen LogP contribution in [0.4, 0.5) is 9.18 Å². The lowest BCUT2D eigenvalue weighted by atomic mass is 9.88. The molecule has 7 atom stereocenters. The molecular formula is C35H44FN5O9S. The van der Waals surface area contributed by atoms with E-state index in [1.165, 1.54) is 30.3 Å². The molecule has 3 heterocycles. The molecule has 2 aromatic rings. The first-order valence-electron chi connectivity index (χ1n) is 17.2. The predicted octanol–water partition coefficient (Wildman–Crippen LogP) is 3.25. The van der Waals surface area contributed by atoms with Crippen LogP contribution in [-0.2, 0) is 24.4 Å². The quantitative estimate of drug-likeness (QED) is 0.308. The summed E-state index contributed by atoms with van der Waals surface area (Å²) in [5, 5.41) is 15.8. The summed E-state index contributed by atoms with van der Waals surface area (Å²) in [5.74, 6) is -3.62. The van der Waals surface area contributed by atoms with E-state index in [2.05, 4.69) is 20.3 Å². The molecule has 276 valence electrons. The zero-order valence-corrected chi connectivity index (χ0v) is 29.8. The van der Waals surface area contributed by atoms with Gasteiger partial charge in [0.2, 0.25) is 27.7 Å². The van der Waals surface area contributed by atoms with Gasteiger partial charge in [-0.2, -0.15) is 0 Å². The molecule has 51 heavy (non-hydrogen) atoms. The number of rotatable bonds is 7. The minimum Gasteiger partial charge on any atom is -0.494 e. The van der Waals surface area contributed by atoms with Gasteiger partial charge < -0.3 is 30.1 Å². The first-order valence-corrected chi connectivity index (χ1v) is 18.7. The Hall–Kier alpha value is -4.47. The number of aromatic nitrogens is 1. The number of nitrogens with zero attached hydrogens (tertiary/aromatic N) is 2. The van der Waals surface area contributed by atoms with Crippen molar-refractivity contribution in [1.29, 1.82) is 0 Å². The van der Waals surface area contributed by atoms with Gasteiger partial charge in [-0.3, -0.25) is 19.1 Å². The number of sulfonamides is 1. The maximum Gasteiger partial charge on any atom is 0.405 e. The van der Waals surface area contributed by atoms with Gasteiger partial charge in [0.1, 0.15) is 23.7 Å². The molecule has 4 N–H and O–H groups in total. The Kier molecular flexibility index (Phi) is 9.67. The molecule has 6 rings (SSSR count). The van der Waals surface area contributed by atoms with Crippen LogP contribution in [0.5, 0.6) is 11.6 Å². The fourth-order valence-electron chi connectivity index (χ4n) is 7.29. The predicted molar refractivity (Wildman–Crippen MR) is 183 cm³/mol. The second-order valence-electron chi connectivity index (χ2n) is 14.7. The normalized spacial score (nSPS) is 31.2. The minimum atomic E-state index is -4.02. The summed E-state index contributed by atoms with van der Waals surface area (Å²) in [6.45, 7) is 5.19. The van der Waals surface area contributed by atoms with E-state index in [1.807, 2.05) is 19.1 Å². The smallest absolute Gasteiger partial charge is 0.405 e. The first kappa shape index (κ1) is 36.3. The molecule has 2 aliphatic heterocycles. The highest BCUT2D eigenvalue weighted by Crippen LogP contribution is 2.47. The zero-order chi connectivity index (χ0) is 36.9. The van der Waals surface area contributed by atoms with Crippen LogP contribution in [0.2, 0.25) is 0 Å². The number of hydrogen-bond donors (Lipinski definition) is 4. The van der Waals surface area contributed by atoms with Gasteiger partial charge in [0.05, 0.1) is 18.4 Å². The number of pyridine rings is 1. The highest BCUT2D eigenvalue weighted by Gasteiger charge is 2.63. The Morgan fingerprint density at radius 3 is 2.61 bits per heavy atom. The van der Waals surface area contributed by atoms with Crippen molar-refractivity contribution in [2.24, 2.45) is 17.8 Å². The van der Waals surface area contributed by atoms with E-state index in [9.17, 15) is 37.1 Å². The van der Waals surface area contributed by atoms with Crippen molar-refractivity contribution in [3.63, 3.8) is 0 Å². The topological polar surface area (TPSA) is 193 Å². The van der Waals surface area contributed by atoms with Gasteiger partial charge in [-0.1, -0.05) is 26.0 Å². The number of allylic oxidation sites excluding steroid dienone is 1. The summed E-state index contributed by atoms with van der Waals surface area (Å²) in [5.41, 5.74) is -1.58. The molecule has 2 aliphatic carbocycles. The van der Waals surface area contributed by atoms with Crippen molar-refractivity contribution in [3.05, 3.63) is 42.4 Å². The lowest BCUT2D eigenvalue weighted by Crippen LogP contribution is -2.59. The summed E-state index contributed by atoms with van der Waals surface area (Å²) < 4.78 is 53.4. The lowest BCUT2D eigenvalue weighted by Gasteiger charge is -2.32. The van der Waals surface area contributed by atoms with Crippen LogP contribution in [0.25, 0.3) is 10.8 Å². The summed E-state index contributed by atoms with van der Waals surface area (Å²) in [6, 6.07) is 1.94. The molecule has 3 fully saturated rings. The molecular weight excluding hydrogens is 685 g/mol. The Morgan fingerprint density at radius 1 is 1.18 bits per heavy atom. The number of methoxy groups -OCH3 is 1. The molecule has 4 amide bonds. The summed E-state index contributed by atoms with van der Waals surface area (Å²) >= 11 is 0. The first-order chi connectivity index (χ1) is 24.1. The largest absolute Gasteiger partial charge is 0.494 e. The van der Waals surface area contributed by atoms with Crippen LogP contribution in [0.1, 0.15) is 65.7 Å². The Labute approximate surface area is 295 Å². The van der Waals surface area contributed by atoms with Crippen LogP contribution >= 0.6 is 0 Å². The van der Waals surface area contributed by atoms with Gasteiger partial charge in [0.15, 0.2) is 11.6 Å². The third kappa shape index (κ3) is 7.19. The van der Waals surface area contributed by atoms with Gasteiger partial charge in [-0.25, -0.2) is 22.6 Å². The highest BCUT2D eigenvalue weighted by atomic mass is 32.2. The molecule has 14 nitrogen and oxygen atoms in total. The molecule has 0 unspecified atom stereocenters. The molecule has 1 aromatic carbocycles. The number of hydrogen-bond acceptors (Lipinski definition) is 9. The van der Waals surface area contributed by atoms with Gasteiger partial charge in [0.25, 0.3) is 5.91 Å². The third-order valence-electron chi connectivity index (χ3n) is 10.8. The van der Waals surface area contributed by atoms with Crippen molar-refractivity contribution in [3.8, 4) is 11.6 Å². The highest BCUT2D eigenvalue weighted by molar-refractivity contribution is 7.91. The van der Waals surface area contributed by atoms with E-state index in [1.54, 1.807) is 19.9 Å². The number of halogens is 1.